The van der Waals surface area contributed by atoms with Gasteiger partial charge in [0.25, 0.3) is 0 Å². The van der Waals surface area contributed by atoms with Crippen LogP contribution in [0.4, 0.5) is 0 Å². The molecule has 0 unspecified atom stereocenters. The molecule has 0 aliphatic carbocycles. The minimum absolute atomic E-state index is 0. The van der Waals surface area contributed by atoms with Crippen molar-refractivity contribution in [2.45, 2.75) is 19.9 Å². The highest BCUT2D eigenvalue weighted by Gasteiger charge is 2.02. The topological polar surface area (TPSA) is 45.6 Å². The van der Waals surface area contributed by atoms with Gasteiger partial charge in [-0.05, 0) is 31.0 Å². The third-order valence-corrected chi connectivity index (χ3v) is 3.23. The van der Waals surface area contributed by atoms with Crippen LogP contribution < -0.4 is 10.6 Å². The number of rotatable bonds is 7. The summed E-state index contributed by atoms with van der Waals surface area (Å²) in [5, 5.41) is 7.71. The number of ether oxygens (including phenoxy) is 1. The van der Waals surface area contributed by atoms with Gasteiger partial charge in [0.2, 0.25) is 0 Å². The zero-order valence-corrected chi connectivity index (χ0v) is 16.1. The van der Waals surface area contributed by atoms with Crippen molar-refractivity contribution in [1.82, 2.24) is 10.6 Å². The van der Waals surface area contributed by atoms with Gasteiger partial charge in [-0.2, -0.15) is 0 Å². The molecule has 21 heavy (non-hydrogen) atoms. The monoisotopic (exact) mass is 445 g/mol. The minimum atomic E-state index is 0. The van der Waals surface area contributed by atoms with Crippen molar-refractivity contribution in [2.75, 3.05) is 26.8 Å². The fraction of sp³-hybridized carbons (Fsp3) is 0.500. The molecule has 0 amide bonds. The Hall–Kier alpha value is -0.240. The molecule has 0 atom stereocenters. The average Bonchev–Trinajstić information content (AvgIpc) is 2.43. The molecule has 0 bridgehead atoms. The first-order valence-corrected chi connectivity index (χ1v) is 7.39. The largest absolute Gasteiger partial charge is 0.382 e. The van der Waals surface area contributed by atoms with Gasteiger partial charge in [0, 0.05) is 43.4 Å². The predicted octanol–water partition coefficient (Wildman–Crippen LogP) is 3.70. The Morgan fingerprint density at radius 3 is 2.67 bits per heavy atom. The number of hydrogen-bond acceptors (Lipinski definition) is 2. The zero-order valence-electron chi connectivity index (χ0n) is 12.3. The van der Waals surface area contributed by atoms with Crippen LogP contribution in [0.3, 0.4) is 0 Å². The van der Waals surface area contributed by atoms with E-state index >= 15 is 0 Å². The smallest absolute Gasteiger partial charge is 0.191 e. The summed E-state index contributed by atoms with van der Waals surface area (Å²) in [6.07, 6.45) is 0.941. The van der Waals surface area contributed by atoms with Crippen molar-refractivity contribution in [2.24, 2.45) is 4.99 Å². The fourth-order valence-electron chi connectivity index (χ4n) is 1.59. The van der Waals surface area contributed by atoms with Crippen molar-refractivity contribution in [3.8, 4) is 0 Å². The van der Waals surface area contributed by atoms with E-state index < -0.39 is 0 Å². The van der Waals surface area contributed by atoms with Crippen LogP contribution in [0.1, 0.15) is 18.9 Å². The van der Waals surface area contributed by atoms with Crippen LogP contribution in [-0.4, -0.2) is 32.8 Å². The lowest BCUT2D eigenvalue weighted by atomic mass is 10.2. The first-order chi connectivity index (χ1) is 9.67. The predicted molar refractivity (Wildman–Crippen MR) is 101 cm³/mol. The van der Waals surface area contributed by atoms with E-state index in [1.165, 1.54) is 0 Å². The van der Waals surface area contributed by atoms with Crippen molar-refractivity contribution >= 4 is 53.1 Å². The van der Waals surface area contributed by atoms with Gasteiger partial charge in [-0.1, -0.05) is 29.3 Å². The van der Waals surface area contributed by atoms with Crippen LogP contribution in [-0.2, 0) is 11.3 Å². The third-order valence-electron chi connectivity index (χ3n) is 2.65. The summed E-state index contributed by atoms with van der Waals surface area (Å²) in [5.74, 6) is 0.743. The molecule has 0 heterocycles. The van der Waals surface area contributed by atoms with E-state index in [1.54, 1.807) is 13.1 Å². The molecule has 4 nitrogen and oxygen atoms in total. The van der Waals surface area contributed by atoms with Crippen LogP contribution in [0.15, 0.2) is 23.2 Å². The first kappa shape index (κ1) is 20.8. The molecule has 0 saturated carbocycles. The minimum Gasteiger partial charge on any atom is -0.382 e. The van der Waals surface area contributed by atoms with Crippen molar-refractivity contribution < 1.29 is 4.74 Å². The standard InChI is InChI=1S/C14H21Cl2N3O.HI/c1-3-20-8-4-7-18-14(17-2)19-10-11-5-6-12(15)9-13(11)16;/h5-6,9H,3-4,7-8,10H2,1-2H3,(H2,17,18,19);1H. The fourth-order valence-corrected chi connectivity index (χ4v) is 2.07. The second-order valence-corrected chi connectivity index (χ2v) is 4.98. The molecule has 120 valence electrons. The lowest BCUT2D eigenvalue weighted by Gasteiger charge is -2.12. The number of halogens is 3. The van der Waals surface area contributed by atoms with Crippen LogP contribution in [0.5, 0.6) is 0 Å². The Labute approximate surface area is 153 Å². The van der Waals surface area contributed by atoms with Gasteiger partial charge in [0.05, 0.1) is 0 Å². The summed E-state index contributed by atoms with van der Waals surface area (Å²) in [6, 6.07) is 5.46. The lowest BCUT2D eigenvalue weighted by Crippen LogP contribution is -2.37. The van der Waals surface area contributed by atoms with Gasteiger partial charge < -0.3 is 15.4 Å². The second kappa shape index (κ2) is 12.3. The molecule has 0 fully saturated rings. The summed E-state index contributed by atoms with van der Waals surface area (Å²) in [5.41, 5.74) is 0.980. The molecule has 1 aromatic carbocycles. The molecule has 0 aromatic heterocycles. The summed E-state index contributed by atoms with van der Waals surface area (Å²) in [6.45, 7) is 4.91. The van der Waals surface area contributed by atoms with Gasteiger partial charge in [-0.15, -0.1) is 24.0 Å². The molecule has 0 radical (unpaired) electrons. The molecule has 2 N–H and O–H groups in total. The highest BCUT2D eigenvalue weighted by molar-refractivity contribution is 14.0. The normalized spacial score (nSPS) is 11.0. The highest BCUT2D eigenvalue weighted by Crippen LogP contribution is 2.20. The summed E-state index contributed by atoms with van der Waals surface area (Å²) in [4.78, 5) is 4.15. The van der Waals surface area contributed by atoms with Gasteiger partial charge in [0.1, 0.15) is 0 Å². The highest BCUT2D eigenvalue weighted by atomic mass is 127. The molecular weight excluding hydrogens is 424 g/mol. The lowest BCUT2D eigenvalue weighted by molar-refractivity contribution is 0.145. The molecule has 0 spiro atoms. The maximum atomic E-state index is 6.12. The average molecular weight is 446 g/mol. The second-order valence-electron chi connectivity index (χ2n) is 4.14. The summed E-state index contributed by atoms with van der Waals surface area (Å²) < 4.78 is 5.27. The van der Waals surface area contributed by atoms with Crippen molar-refractivity contribution in [3.05, 3.63) is 33.8 Å². The molecule has 0 aliphatic heterocycles. The number of nitrogens with one attached hydrogen (secondary N) is 2. The van der Waals surface area contributed by atoms with E-state index in [2.05, 4.69) is 15.6 Å². The number of hydrogen-bond donors (Lipinski definition) is 2. The van der Waals surface area contributed by atoms with Crippen LogP contribution in [0.25, 0.3) is 0 Å². The third kappa shape index (κ3) is 8.70. The van der Waals surface area contributed by atoms with Gasteiger partial charge >= 0.3 is 0 Å². The number of guanidine groups is 1. The number of aliphatic imine (C=N–C) groups is 1. The molecule has 7 heteroatoms. The maximum absolute atomic E-state index is 6.12. The Kier molecular flexibility index (Phi) is 12.2. The van der Waals surface area contributed by atoms with E-state index in [0.717, 1.165) is 37.7 Å². The molecule has 1 aromatic rings. The van der Waals surface area contributed by atoms with Gasteiger partial charge in [0.15, 0.2) is 5.96 Å². The van der Waals surface area contributed by atoms with Crippen LogP contribution in [0.2, 0.25) is 10.0 Å². The summed E-state index contributed by atoms with van der Waals surface area (Å²) in [7, 11) is 1.74. The van der Waals surface area contributed by atoms with E-state index in [0.29, 0.717) is 16.6 Å². The molecular formula is C14H22Cl2IN3O. The van der Waals surface area contributed by atoms with Crippen LogP contribution in [0, 0.1) is 0 Å². The SMILES string of the molecule is CCOCCCNC(=NC)NCc1ccc(Cl)cc1Cl.I. The van der Waals surface area contributed by atoms with E-state index in [-0.39, 0.29) is 24.0 Å². The number of benzene rings is 1. The number of nitrogens with zero attached hydrogens (tertiary/aromatic N) is 1. The Morgan fingerprint density at radius 1 is 1.29 bits per heavy atom. The Morgan fingerprint density at radius 2 is 2.05 bits per heavy atom. The zero-order chi connectivity index (χ0) is 14.8. The molecule has 0 aliphatic rings. The van der Waals surface area contributed by atoms with Crippen LogP contribution >= 0.6 is 47.2 Å². The molecule has 0 saturated heterocycles. The quantitative estimate of drug-likeness (QED) is 0.291. The first-order valence-electron chi connectivity index (χ1n) is 6.63. The van der Waals surface area contributed by atoms with Gasteiger partial charge in [-0.3, -0.25) is 4.99 Å². The summed E-state index contributed by atoms with van der Waals surface area (Å²) >= 11 is 12.0. The van der Waals surface area contributed by atoms with E-state index in [1.807, 2.05) is 19.1 Å². The van der Waals surface area contributed by atoms with E-state index in [9.17, 15) is 0 Å². The Bertz CT molecular complexity index is 444. The molecule has 1 rings (SSSR count). The maximum Gasteiger partial charge on any atom is 0.191 e. The van der Waals surface area contributed by atoms with E-state index in [4.69, 9.17) is 27.9 Å². The Balaban J connectivity index is 0.00000400. The van der Waals surface area contributed by atoms with Crippen molar-refractivity contribution in [3.63, 3.8) is 0 Å². The van der Waals surface area contributed by atoms with Gasteiger partial charge in [-0.25, -0.2) is 0 Å². The van der Waals surface area contributed by atoms with Crippen molar-refractivity contribution in [1.29, 1.82) is 0 Å².